The average molecular weight is 577 g/mol. The van der Waals surface area contributed by atoms with Gasteiger partial charge in [-0.15, -0.1) is 24.0 Å². The Balaban J connectivity index is 0.00000363. The van der Waals surface area contributed by atoms with E-state index >= 15 is 0 Å². The Kier molecular flexibility index (Phi) is 8.92. The van der Waals surface area contributed by atoms with E-state index in [9.17, 15) is 22.9 Å². The second kappa shape index (κ2) is 11.0. The van der Waals surface area contributed by atoms with E-state index in [0.29, 0.717) is 12.5 Å². The maximum atomic E-state index is 13.5. The van der Waals surface area contributed by atoms with Crippen molar-refractivity contribution in [1.82, 2.24) is 15.4 Å². The fourth-order valence-electron chi connectivity index (χ4n) is 3.22. The average Bonchev–Trinajstić information content (AvgIpc) is 3.54. The largest absolute Gasteiger partial charge is 0.356 e. The molecule has 0 amide bonds. The zero-order valence-corrected chi connectivity index (χ0v) is 20.5. The van der Waals surface area contributed by atoms with Gasteiger partial charge in [0.1, 0.15) is 5.82 Å². The van der Waals surface area contributed by atoms with E-state index < -0.39 is 14.9 Å². The van der Waals surface area contributed by atoms with E-state index in [2.05, 4.69) is 20.3 Å². The summed E-state index contributed by atoms with van der Waals surface area (Å²) in [5.41, 5.74) is 0.529. The molecule has 1 aliphatic carbocycles. The van der Waals surface area contributed by atoms with Crippen LogP contribution in [0.25, 0.3) is 0 Å². The molecule has 0 bridgehead atoms. The minimum atomic E-state index is -3.88. The van der Waals surface area contributed by atoms with Crippen molar-refractivity contribution < 1.29 is 17.7 Å². The molecule has 3 N–H and O–H groups in total. The number of rotatable bonds is 9. The van der Waals surface area contributed by atoms with Crippen molar-refractivity contribution in [2.45, 2.75) is 23.2 Å². The number of aliphatic imine (C=N–C) groups is 1. The smallest absolute Gasteiger partial charge is 0.270 e. The number of non-ortho nitro benzene ring substituents is 1. The number of guanidine groups is 1. The quantitative estimate of drug-likeness (QED) is 0.105. The molecule has 0 unspecified atom stereocenters. The lowest BCUT2D eigenvalue weighted by Crippen LogP contribution is -2.44. The first-order valence-electron chi connectivity index (χ1n) is 9.70. The molecule has 174 valence electrons. The van der Waals surface area contributed by atoms with Crippen LogP contribution in [-0.2, 0) is 15.4 Å². The summed E-state index contributed by atoms with van der Waals surface area (Å²) in [6.45, 7) is 0.886. The maximum Gasteiger partial charge on any atom is 0.270 e. The van der Waals surface area contributed by atoms with Gasteiger partial charge in [0.05, 0.1) is 9.82 Å². The molecular weight excluding hydrogens is 552 g/mol. The van der Waals surface area contributed by atoms with E-state index in [0.717, 1.165) is 24.5 Å². The molecule has 0 saturated heterocycles. The van der Waals surface area contributed by atoms with E-state index in [1.54, 1.807) is 19.2 Å². The summed E-state index contributed by atoms with van der Waals surface area (Å²) >= 11 is 0. The summed E-state index contributed by atoms with van der Waals surface area (Å²) in [5, 5.41) is 17.1. The summed E-state index contributed by atoms with van der Waals surface area (Å²) in [4.78, 5) is 14.1. The molecule has 1 fully saturated rings. The first-order chi connectivity index (χ1) is 14.8. The predicted molar refractivity (Wildman–Crippen MR) is 130 cm³/mol. The van der Waals surface area contributed by atoms with Crippen LogP contribution < -0.4 is 15.4 Å². The van der Waals surface area contributed by atoms with Gasteiger partial charge in [0.15, 0.2) is 5.96 Å². The van der Waals surface area contributed by atoms with Crippen molar-refractivity contribution >= 4 is 45.6 Å². The van der Waals surface area contributed by atoms with Crippen LogP contribution in [0.5, 0.6) is 0 Å². The third kappa shape index (κ3) is 6.59. The molecular formula is C20H25FIN5O4S. The third-order valence-corrected chi connectivity index (χ3v) is 6.62. The number of nitro groups is 1. The van der Waals surface area contributed by atoms with Crippen molar-refractivity contribution in [3.63, 3.8) is 0 Å². The van der Waals surface area contributed by atoms with Crippen LogP contribution in [0.2, 0.25) is 0 Å². The molecule has 32 heavy (non-hydrogen) atoms. The Morgan fingerprint density at radius 2 is 1.88 bits per heavy atom. The van der Waals surface area contributed by atoms with E-state index in [1.807, 2.05) is 6.07 Å². The predicted octanol–water partition coefficient (Wildman–Crippen LogP) is 2.53. The van der Waals surface area contributed by atoms with Crippen LogP contribution in [0.4, 0.5) is 10.1 Å². The van der Waals surface area contributed by atoms with Crippen molar-refractivity contribution in [2.24, 2.45) is 4.99 Å². The molecule has 0 aromatic heterocycles. The molecule has 12 heteroatoms. The zero-order valence-electron chi connectivity index (χ0n) is 17.4. The highest BCUT2D eigenvalue weighted by molar-refractivity contribution is 14.0. The summed E-state index contributed by atoms with van der Waals surface area (Å²) in [7, 11) is -2.28. The minimum absolute atomic E-state index is 0. The Hall–Kier alpha value is -2.32. The molecule has 0 atom stereocenters. The number of hydrogen-bond donors (Lipinski definition) is 3. The number of nitrogens with one attached hydrogen (secondary N) is 3. The molecule has 2 aromatic rings. The monoisotopic (exact) mass is 577 g/mol. The fraction of sp³-hybridized carbons (Fsp3) is 0.350. The lowest BCUT2D eigenvalue weighted by atomic mass is 9.96. The number of nitro benzene ring substituents is 1. The number of hydrogen-bond acceptors (Lipinski definition) is 5. The van der Waals surface area contributed by atoms with Crippen LogP contribution in [0.3, 0.4) is 0 Å². The SMILES string of the molecule is CN=C(NCCNS(=O)(=O)c1cccc([N+](=O)[O-])c1)NCC1(c2cccc(F)c2)CC1.I. The van der Waals surface area contributed by atoms with Gasteiger partial charge in [-0.1, -0.05) is 18.2 Å². The standard InChI is InChI=1S/C20H24FN5O4S.HI/c1-22-19(24-14-20(8-9-20)15-4-2-5-16(21)12-15)23-10-11-25-31(29,30)18-7-3-6-17(13-18)26(27)28;/h2-7,12-13,25H,8-11,14H2,1H3,(H2,22,23,24);1H. The van der Waals surface area contributed by atoms with Gasteiger partial charge in [-0.05, 0) is 36.6 Å². The molecule has 0 aliphatic heterocycles. The Morgan fingerprint density at radius 3 is 2.50 bits per heavy atom. The second-order valence-electron chi connectivity index (χ2n) is 7.30. The third-order valence-electron chi connectivity index (χ3n) is 5.16. The van der Waals surface area contributed by atoms with E-state index in [-0.39, 0.29) is 58.9 Å². The van der Waals surface area contributed by atoms with Crippen LogP contribution in [0.15, 0.2) is 58.4 Å². The Labute approximate surface area is 203 Å². The highest BCUT2D eigenvalue weighted by Crippen LogP contribution is 2.47. The topological polar surface area (TPSA) is 126 Å². The van der Waals surface area contributed by atoms with Crippen LogP contribution >= 0.6 is 24.0 Å². The van der Waals surface area contributed by atoms with Crippen molar-refractivity contribution in [3.05, 3.63) is 70.0 Å². The Bertz CT molecular complexity index is 1090. The molecule has 0 spiro atoms. The fourth-order valence-corrected chi connectivity index (χ4v) is 4.30. The van der Waals surface area contributed by atoms with Crippen molar-refractivity contribution in [2.75, 3.05) is 26.7 Å². The first kappa shape index (κ1) is 25.9. The maximum absolute atomic E-state index is 13.5. The molecule has 1 aliphatic rings. The van der Waals surface area contributed by atoms with Gasteiger partial charge in [-0.3, -0.25) is 15.1 Å². The molecule has 1 saturated carbocycles. The van der Waals surface area contributed by atoms with E-state index in [1.165, 1.54) is 24.3 Å². The number of sulfonamides is 1. The highest BCUT2D eigenvalue weighted by Gasteiger charge is 2.44. The van der Waals surface area contributed by atoms with Crippen LogP contribution in [0.1, 0.15) is 18.4 Å². The number of halogens is 2. The molecule has 0 radical (unpaired) electrons. The zero-order chi connectivity index (χ0) is 22.5. The Morgan fingerprint density at radius 1 is 1.16 bits per heavy atom. The summed E-state index contributed by atoms with van der Waals surface area (Å²) in [5.74, 6) is 0.236. The summed E-state index contributed by atoms with van der Waals surface area (Å²) in [6.07, 6.45) is 1.90. The molecule has 9 nitrogen and oxygen atoms in total. The van der Waals surface area contributed by atoms with Gasteiger partial charge in [0, 0.05) is 44.2 Å². The van der Waals surface area contributed by atoms with Gasteiger partial charge < -0.3 is 10.6 Å². The van der Waals surface area contributed by atoms with Gasteiger partial charge in [-0.25, -0.2) is 17.5 Å². The second-order valence-corrected chi connectivity index (χ2v) is 9.06. The highest BCUT2D eigenvalue weighted by atomic mass is 127. The van der Waals surface area contributed by atoms with Crippen molar-refractivity contribution in [3.8, 4) is 0 Å². The van der Waals surface area contributed by atoms with Gasteiger partial charge >= 0.3 is 0 Å². The molecule has 3 rings (SSSR count). The lowest BCUT2D eigenvalue weighted by Gasteiger charge is -2.19. The van der Waals surface area contributed by atoms with Crippen LogP contribution in [0, 0.1) is 15.9 Å². The summed E-state index contributed by atoms with van der Waals surface area (Å²) < 4.78 is 40.6. The van der Waals surface area contributed by atoms with Crippen molar-refractivity contribution in [1.29, 1.82) is 0 Å². The van der Waals surface area contributed by atoms with Gasteiger partial charge in [-0.2, -0.15) is 0 Å². The number of nitrogens with zero attached hydrogens (tertiary/aromatic N) is 2. The minimum Gasteiger partial charge on any atom is -0.356 e. The summed E-state index contributed by atoms with van der Waals surface area (Å²) in [6, 6.07) is 11.4. The molecule has 2 aromatic carbocycles. The van der Waals surface area contributed by atoms with Crippen LogP contribution in [-0.4, -0.2) is 46.0 Å². The molecule has 0 heterocycles. The lowest BCUT2D eigenvalue weighted by molar-refractivity contribution is -0.385. The normalized spacial score (nSPS) is 14.9. The number of benzene rings is 2. The van der Waals surface area contributed by atoms with E-state index in [4.69, 9.17) is 0 Å². The van der Waals surface area contributed by atoms with Gasteiger partial charge in [0.2, 0.25) is 10.0 Å². The van der Waals surface area contributed by atoms with Gasteiger partial charge in [0.25, 0.3) is 5.69 Å². The first-order valence-corrected chi connectivity index (χ1v) is 11.2.